The SMILES string of the molecule is NC1=NCCC(C(F)(F)F)N1Cl. The van der Waals surface area contributed by atoms with E-state index in [1.807, 2.05) is 0 Å². The summed E-state index contributed by atoms with van der Waals surface area (Å²) in [6.45, 7) is 0.0687. The van der Waals surface area contributed by atoms with Crippen molar-refractivity contribution in [1.29, 1.82) is 0 Å². The summed E-state index contributed by atoms with van der Waals surface area (Å²) in [6, 6.07) is -1.71. The highest BCUT2D eigenvalue weighted by atomic mass is 35.5. The fraction of sp³-hybridized carbons (Fsp3) is 0.800. The number of nitrogens with two attached hydrogens (primary N) is 1. The highest BCUT2D eigenvalue weighted by Gasteiger charge is 2.45. The Kier molecular flexibility index (Phi) is 2.36. The monoisotopic (exact) mass is 201 g/mol. The van der Waals surface area contributed by atoms with Gasteiger partial charge in [0.1, 0.15) is 6.04 Å². The molecular formula is C5H7ClF3N3. The van der Waals surface area contributed by atoms with E-state index in [4.69, 9.17) is 17.5 Å². The molecule has 3 nitrogen and oxygen atoms in total. The molecule has 0 bridgehead atoms. The van der Waals surface area contributed by atoms with Gasteiger partial charge in [0.15, 0.2) is 0 Å². The van der Waals surface area contributed by atoms with E-state index in [1.54, 1.807) is 0 Å². The van der Waals surface area contributed by atoms with Gasteiger partial charge in [-0.05, 0) is 6.42 Å². The van der Waals surface area contributed by atoms with E-state index in [1.165, 1.54) is 0 Å². The molecule has 1 aliphatic heterocycles. The number of nitrogens with zero attached hydrogens (tertiary/aromatic N) is 2. The first-order valence-electron chi connectivity index (χ1n) is 3.24. The van der Waals surface area contributed by atoms with Gasteiger partial charge in [-0.25, -0.2) is 4.42 Å². The van der Waals surface area contributed by atoms with Gasteiger partial charge < -0.3 is 5.73 Å². The van der Waals surface area contributed by atoms with Crippen LogP contribution in [0.4, 0.5) is 13.2 Å². The van der Waals surface area contributed by atoms with Crippen LogP contribution < -0.4 is 5.73 Å². The zero-order valence-corrected chi connectivity index (χ0v) is 6.73. The van der Waals surface area contributed by atoms with Crippen LogP contribution in [0.25, 0.3) is 0 Å². The van der Waals surface area contributed by atoms with Crippen molar-refractivity contribution in [2.24, 2.45) is 10.7 Å². The van der Waals surface area contributed by atoms with Gasteiger partial charge in [0.05, 0.1) is 0 Å². The lowest BCUT2D eigenvalue weighted by Gasteiger charge is -2.30. The van der Waals surface area contributed by atoms with Crippen LogP contribution in [0.1, 0.15) is 6.42 Å². The molecule has 0 aromatic rings. The third-order valence-electron chi connectivity index (χ3n) is 1.55. The predicted octanol–water partition coefficient (Wildman–Crippen LogP) is 1.09. The summed E-state index contributed by atoms with van der Waals surface area (Å²) in [7, 11) is 0. The molecule has 1 rings (SSSR count). The van der Waals surface area contributed by atoms with Gasteiger partial charge in [-0.15, -0.1) is 0 Å². The zero-order chi connectivity index (χ0) is 9.35. The number of hydrogen-bond donors (Lipinski definition) is 1. The second kappa shape index (κ2) is 3.01. The van der Waals surface area contributed by atoms with Crippen molar-refractivity contribution in [1.82, 2.24) is 4.42 Å². The quantitative estimate of drug-likeness (QED) is 0.596. The molecular weight excluding hydrogens is 195 g/mol. The van der Waals surface area contributed by atoms with E-state index in [0.717, 1.165) is 0 Å². The van der Waals surface area contributed by atoms with Gasteiger partial charge in [-0.3, -0.25) is 4.99 Å². The normalized spacial score (nSPS) is 25.5. The zero-order valence-electron chi connectivity index (χ0n) is 5.98. The van der Waals surface area contributed by atoms with Crippen molar-refractivity contribution in [2.75, 3.05) is 6.54 Å². The van der Waals surface area contributed by atoms with Gasteiger partial charge in [-0.2, -0.15) is 13.2 Å². The van der Waals surface area contributed by atoms with Gasteiger partial charge in [0.25, 0.3) is 0 Å². The van der Waals surface area contributed by atoms with Gasteiger partial charge in [-0.1, -0.05) is 0 Å². The molecule has 0 spiro atoms. The number of rotatable bonds is 0. The molecule has 0 radical (unpaired) electrons. The summed E-state index contributed by atoms with van der Waals surface area (Å²) in [5.41, 5.74) is 5.11. The largest absolute Gasteiger partial charge is 0.410 e. The summed E-state index contributed by atoms with van der Waals surface area (Å²) >= 11 is 5.28. The van der Waals surface area contributed by atoms with Crippen LogP contribution in [0, 0.1) is 0 Å². The van der Waals surface area contributed by atoms with Crippen LogP contribution in [0.2, 0.25) is 0 Å². The summed E-state index contributed by atoms with van der Waals surface area (Å²) in [5.74, 6) is -0.273. The molecule has 0 saturated carbocycles. The van der Waals surface area contributed by atoms with Crippen LogP contribution >= 0.6 is 11.8 Å². The summed E-state index contributed by atoms with van der Waals surface area (Å²) < 4.78 is 36.8. The molecule has 0 aromatic carbocycles. The molecule has 1 unspecified atom stereocenters. The van der Waals surface area contributed by atoms with Crippen molar-refractivity contribution in [3.63, 3.8) is 0 Å². The molecule has 0 aromatic heterocycles. The molecule has 12 heavy (non-hydrogen) atoms. The molecule has 1 heterocycles. The molecule has 0 aliphatic carbocycles. The van der Waals surface area contributed by atoms with E-state index in [9.17, 15) is 13.2 Å². The van der Waals surface area contributed by atoms with Crippen LogP contribution in [0.15, 0.2) is 4.99 Å². The Morgan fingerprint density at radius 3 is 2.58 bits per heavy atom. The number of guanidine groups is 1. The second-order valence-corrected chi connectivity index (χ2v) is 2.76. The maximum Gasteiger partial charge on any atom is 0.410 e. The van der Waals surface area contributed by atoms with Crippen LogP contribution in [0.5, 0.6) is 0 Å². The Morgan fingerprint density at radius 2 is 2.17 bits per heavy atom. The minimum Gasteiger partial charge on any atom is -0.369 e. The van der Waals surface area contributed by atoms with E-state index in [0.29, 0.717) is 4.42 Å². The van der Waals surface area contributed by atoms with Crippen LogP contribution in [0.3, 0.4) is 0 Å². The highest BCUT2D eigenvalue weighted by Crippen LogP contribution is 2.29. The lowest BCUT2D eigenvalue weighted by atomic mass is 10.2. The summed E-state index contributed by atoms with van der Waals surface area (Å²) in [5, 5.41) is 0. The first-order chi connectivity index (χ1) is 5.43. The molecule has 1 aliphatic rings. The Bertz CT molecular complexity index is 203. The minimum atomic E-state index is -4.34. The molecule has 0 fully saturated rings. The molecule has 2 N–H and O–H groups in total. The molecule has 0 amide bonds. The van der Waals surface area contributed by atoms with E-state index < -0.39 is 12.2 Å². The van der Waals surface area contributed by atoms with Crippen molar-refractivity contribution >= 4 is 17.7 Å². The number of halogens is 4. The molecule has 7 heteroatoms. The molecule has 70 valence electrons. The number of alkyl halides is 3. The van der Waals surface area contributed by atoms with E-state index in [2.05, 4.69) is 4.99 Å². The predicted molar refractivity (Wildman–Crippen MR) is 38.6 cm³/mol. The fourth-order valence-electron chi connectivity index (χ4n) is 0.934. The Hall–Kier alpha value is -0.650. The van der Waals surface area contributed by atoms with Gasteiger partial charge in [0, 0.05) is 18.3 Å². The van der Waals surface area contributed by atoms with Gasteiger partial charge >= 0.3 is 6.18 Å². The maximum atomic E-state index is 12.1. The van der Waals surface area contributed by atoms with Crippen LogP contribution in [-0.2, 0) is 0 Å². The van der Waals surface area contributed by atoms with Crippen LogP contribution in [-0.4, -0.2) is 29.1 Å². The standard InChI is InChI=1S/C5H7ClF3N3/c6-12-3(5(7,8)9)1-2-11-4(12)10/h3H,1-2H2,(H2,10,11). The summed E-state index contributed by atoms with van der Waals surface area (Å²) in [6.07, 6.45) is -4.49. The Labute approximate surface area is 72.1 Å². The van der Waals surface area contributed by atoms with Crippen molar-refractivity contribution in [2.45, 2.75) is 18.6 Å². The van der Waals surface area contributed by atoms with E-state index >= 15 is 0 Å². The molecule has 0 saturated heterocycles. The smallest absolute Gasteiger partial charge is 0.369 e. The van der Waals surface area contributed by atoms with E-state index in [-0.39, 0.29) is 18.9 Å². The topological polar surface area (TPSA) is 41.6 Å². The lowest BCUT2D eigenvalue weighted by Crippen LogP contribution is -2.49. The Morgan fingerprint density at radius 1 is 1.58 bits per heavy atom. The van der Waals surface area contributed by atoms with Gasteiger partial charge in [0.2, 0.25) is 5.96 Å². The second-order valence-electron chi connectivity index (χ2n) is 2.40. The lowest BCUT2D eigenvalue weighted by molar-refractivity contribution is -0.166. The first-order valence-corrected chi connectivity index (χ1v) is 3.58. The average molecular weight is 202 g/mol. The average Bonchev–Trinajstić information content (AvgIpc) is 1.92. The minimum absolute atomic E-state index is 0.0687. The highest BCUT2D eigenvalue weighted by molar-refractivity contribution is 6.22. The Balaban J connectivity index is 2.76. The first kappa shape index (κ1) is 9.44. The van der Waals surface area contributed by atoms with Crippen molar-refractivity contribution < 1.29 is 13.2 Å². The number of aliphatic imine (C=N–C) groups is 1. The third-order valence-corrected chi connectivity index (χ3v) is 1.96. The third kappa shape index (κ3) is 1.74. The van der Waals surface area contributed by atoms with Crippen molar-refractivity contribution in [3.05, 3.63) is 0 Å². The van der Waals surface area contributed by atoms with Crippen molar-refractivity contribution in [3.8, 4) is 0 Å². The maximum absolute atomic E-state index is 12.1. The fourth-order valence-corrected chi connectivity index (χ4v) is 1.20. The molecule has 1 atom stereocenters. The number of hydrogen-bond acceptors (Lipinski definition) is 3. The summed E-state index contributed by atoms with van der Waals surface area (Å²) in [4.78, 5) is 3.56.